The number of amides is 1. The molecule has 1 aliphatic heterocycles. The van der Waals surface area contributed by atoms with Crippen LogP contribution >= 0.6 is 11.6 Å². The second kappa shape index (κ2) is 8.80. The van der Waals surface area contributed by atoms with Gasteiger partial charge in [0.1, 0.15) is 11.1 Å². The van der Waals surface area contributed by atoms with Gasteiger partial charge in [0.2, 0.25) is 5.55 Å². The van der Waals surface area contributed by atoms with Crippen molar-refractivity contribution in [1.82, 2.24) is 5.32 Å². The molecule has 0 saturated carbocycles. The van der Waals surface area contributed by atoms with Crippen molar-refractivity contribution >= 4 is 34.2 Å². The third-order valence-corrected chi connectivity index (χ3v) is 5.25. The molecule has 1 atom stereocenters. The number of nitrogens with one attached hydrogen (secondary N) is 1. The molecule has 1 aliphatic rings. The van der Waals surface area contributed by atoms with Crippen molar-refractivity contribution in [1.29, 1.82) is 0 Å². The summed E-state index contributed by atoms with van der Waals surface area (Å²) in [5, 5.41) is 4.29. The highest BCUT2D eigenvalue weighted by Crippen LogP contribution is 2.20. The Bertz CT molecular complexity index is 1100. The van der Waals surface area contributed by atoms with Crippen LogP contribution in [0.1, 0.15) is 35.7 Å². The van der Waals surface area contributed by atoms with Gasteiger partial charge in [0, 0.05) is 23.6 Å². The Kier molecular flexibility index (Phi) is 5.97. The van der Waals surface area contributed by atoms with Crippen molar-refractivity contribution in [3.63, 3.8) is 0 Å². The van der Waals surface area contributed by atoms with Gasteiger partial charge in [0.25, 0.3) is 5.91 Å². The minimum atomic E-state index is -0.239. The Balaban J connectivity index is 1.75. The van der Waals surface area contributed by atoms with Gasteiger partial charge in [-0.2, -0.15) is 0 Å². The van der Waals surface area contributed by atoms with Crippen LogP contribution in [0.15, 0.2) is 57.9 Å². The average Bonchev–Trinajstić information content (AvgIpc) is 3.25. The van der Waals surface area contributed by atoms with Crippen LogP contribution in [-0.4, -0.2) is 25.2 Å². The minimum absolute atomic E-state index is 0.0624. The van der Waals surface area contributed by atoms with Crippen molar-refractivity contribution in [3.05, 3.63) is 70.2 Å². The number of carbonyl (C=O) groups excluding carboxylic acids is 1. The number of rotatable bonds is 5. The maximum atomic E-state index is 12.9. The predicted octanol–water partition coefficient (Wildman–Crippen LogP) is 4.79. The fourth-order valence-corrected chi connectivity index (χ4v) is 3.60. The van der Waals surface area contributed by atoms with Gasteiger partial charge in [-0.05, 0) is 61.2 Å². The predicted molar refractivity (Wildman–Crippen MR) is 114 cm³/mol. The summed E-state index contributed by atoms with van der Waals surface area (Å²) in [6, 6.07) is 15.0. The number of benzene rings is 2. The van der Waals surface area contributed by atoms with Gasteiger partial charge in [0.15, 0.2) is 0 Å². The van der Waals surface area contributed by atoms with E-state index in [1.165, 1.54) is 5.56 Å². The van der Waals surface area contributed by atoms with E-state index in [4.69, 9.17) is 20.8 Å². The van der Waals surface area contributed by atoms with Crippen LogP contribution in [0, 0.1) is 0 Å². The third kappa shape index (κ3) is 4.69. The highest BCUT2D eigenvalue weighted by molar-refractivity contribution is 6.31. The van der Waals surface area contributed by atoms with E-state index in [0.717, 1.165) is 36.9 Å². The van der Waals surface area contributed by atoms with Gasteiger partial charge < -0.3 is 14.5 Å². The fraction of sp³-hybridized carbons (Fsp3) is 0.304. The molecule has 0 unspecified atom stereocenters. The Morgan fingerprint density at radius 2 is 2.14 bits per heavy atom. The number of carbonyl (C=O) groups is 1. The average molecular weight is 411 g/mol. The first-order valence-corrected chi connectivity index (χ1v) is 10.3. The second-order valence-corrected chi connectivity index (χ2v) is 7.56. The topological polar surface area (TPSA) is 63.8 Å². The molecule has 29 heavy (non-hydrogen) atoms. The normalized spacial score (nSPS) is 17.0. The first-order chi connectivity index (χ1) is 14.1. The highest BCUT2D eigenvalue weighted by Gasteiger charge is 2.18. The lowest BCUT2D eigenvalue weighted by atomic mass is 10.1. The van der Waals surface area contributed by atoms with Crippen molar-refractivity contribution in [2.45, 2.75) is 32.3 Å². The quantitative estimate of drug-likeness (QED) is 0.657. The number of ether oxygens (including phenoxy) is 1. The van der Waals surface area contributed by atoms with E-state index >= 15 is 0 Å². The van der Waals surface area contributed by atoms with Gasteiger partial charge in [0.05, 0.1) is 11.8 Å². The number of halogens is 1. The molecule has 0 aliphatic carbocycles. The molecule has 2 aromatic carbocycles. The lowest BCUT2D eigenvalue weighted by Crippen LogP contribution is -2.34. The first kappa shape index (κ1) is 19.7. The maximum absolute atomic E-state index is 12.9. The van der Waals surface area contributed by atoms with Crippen LogP contribution in [0.4, 0.5) is 5.69 Å². The summed E-state index contributed by atoms with van der Waals surface area (Å²) in [6.45, 7) is 3.31. The van der Waals surface area contributed by atoms with Crippen LogP contribution in [0.3, 0.4) is 0 Å². The van der Waals surface area contributed by atoms with E-state index in [1.807, 2.05) is 24.3 Å². The summed E-state index contributed by atoms with van der Waals surface area (Å²) in [5.74, 6) is -0.239. The summed E-state index contributed by atoms with van der Waals surface area (Å²) in [7, 11) is 0. The molecule has 1 saturated heterocycles. The molecule has 4 rings (SSSR count). The molecule has 1 N–H and O–H groups in total. The molecule has 0 bridgehead atoms. The Morgan fingerprint density at radius 3 is 2.93 bits per heavy atom. The summed E-state index contributed by atoms with van der Waals surface area (Å²) in [4.78, 5) is 17.6. The number of hydrogen-bond donors (Lipinski definition) is 1. The van der Waals surface area contributed by atoms with Crippen molar-refractivity contribution < 1.29 is 13.9 Å². The highest BCUT2D eigenvalue weighted by atomic mass is 35.5. The minimum Gasteiger partial charge on any atom is -0.438 e. The van der Waals surface area contributed by atoms with Gasteiger partial charge in [-0.3, -0.25) is 4.79 Å². The molecule has 0 radical (unpaired) electrons. The van der Waals surface area contributed by atoms with Crippen LogP contribution in [0.5, 0.6) is 0 Å². The number of hydrogen-bond acceptors (Lipinski definition) is 4. The largest absolute Gasteiger partial charge is 0.438 e. The molecular weight excluding hydrogens is 388 g/mol. The lowest BCUT2D eigenvalue weighted by molar-refractivity contribution is 0.0854. The van der Waals surface area contributed by atoms with E-state index in [0.29, 0.717) is 22.7 Å². The molecule has 150 valence electrons. The summed E-state index contributed by atoms with van der Waals surface area (Å²) < 4.78 is 11.6. The zero-order chi connectivity index (χ0) is 20.2. The van der Waals surface area contributed by atoms with E-state index < -0.39 is 0 Å². The third-order valence-electron chi connectivity index (χ3n) is 5.02. The van der Waals surface area contributed by atoms with E-state index in [9.17, 15) is 4.79 Å². The summed E-state index contributed by atoms with van der Waals surface area (Å²) in [5.41, 5.74) is 3.19. The standard InChI is InChI=1S/C23H23ClN2O3/c1-2-15-5-3-6-18(11-15)26-23-20(22(27)25-14-19-7-4-10-28-19)13-16-12-17(24)8-9-21(16)29-23/h3,5-6,8-9,11-13,19H,2,4,7,10,14H2,1H3,(H,25,27)/t19-/m1/s1. The van der Waals surface area contributed by atoms with E-state index in [1.54, 1.807) is 24.3 Å². The van der Waals surface area contributed by atoms with Crippen molar-refractivity contribution in [2.75, 3.05) is 13.2 Å². The zero-order valence-electron chi connectivity index (χ0n) is 16.3. The maximum Gasteiger partial charge on any atom is 0.256 e. The fourth-order valence-electron chi connectivity index (χ4n) is 3.42. The molecule has 2 heterocycles. The van der Waals surface area contributed by atoms with Crippen LogP contribution in [0.25, 0.3) is 11.0 Å². The number of aryl methyl sites for hydroxylation is 1. The Hall–Kier alpha value is -2.63. The van der Waals surface area contributed by atoms with Gasteiger partial charge in [-0.15, -0.1) is 0 Å². The van der Waals surface area contributed by atoms with Gasteiger partial charge in [-0.1, -0.05) is 30.7 Å². The molecule has 1 fully saturated rings. The molecule has 1 aromatic heterocycles. The van der Waals surface area contributed by atoms with Crippen LogP contribution in [0.2, 0.25) is 5.02 Å². The monoisotopic (exact) mass is 410 g/mol. The molecule has 3 aromatic rings. The molecule has 6 heteroatoms. The summed E-state index contributed by atoms with van der Waals surface area (Å²) >= 11 is 6.12. The Labute approximate surface area is 174 Å². The number of nitrogens with zero attached hydrogens (tertiary/aromatic N) is 1. The van der Waals surface area contributed by atoms with E-state index in [-0.39, 0.29) is 17.6 Å². The second-order valence-electron chi connectivity index (χ2n) is 7.13. The molecular formula is C23H23ClN2O3. The SMILES string of the molecule is CCc1cccc(N=c2oc3ccc(Cl)cc3cc2C(=O)NC[C@H]2CCCO2)c1. The van der Waals surface area contributed by atoms with E-state index in [2.05, 4.69) is 17.2 Å². The Morgan fingerprint density at radius 1 is 1.24 bits per heavy atom. The first-order valence-electron chi connectivity index (χ1n) is 9.89. The number of fused-ring (bicyclic) bond motifs is 1. The summed E-state index contributed by atoms with van der Waals surface area (Å²) in [6.07, 6.45) is 2.95. The van der Waals surface area contributed by atoms with Crippen LogP contribution in [-0.2, 0) is 11.2 Å². The molecule has 1 amide bonds. The molecule has 0 spiro atoms. The van der Waals surface area contributed by atoms with Crippen molar-refractivity contribution in [2.24, 2.45) is 4.99 Å². The molecule has 5 nitrogen and oxygen atoms in total. The lowest BCUT2D eigenvalue weighted by Gasteiger charge is -2.11. The smallest absolute Gasteiger partial charge is 0.256 e. The van der Waals surface area contributed by atoms with Crippen molar-refractivity contribution in [3.8, 4) is 0 Å². The van der Waals surface area contributed by atoms with Gasteiger partial charge in [-0.25, -0.2) is 4.99 Å². The zero-order valence-corrected chi connectivity index (χ0v) is 17.0. The van der Waals surface area contributed by atoms with Crippen LogP contribution < -0.4 is 10.9 Å². The van der Waals surface area contributed by atoms with Gasteiger partial charge >= 0.3 is 0 Å².